The lowest BCUT2D eigenvalue weighted by Gasteiger charge is -2.32. The number of hydrogen-bond acceptors (Lipinski definition) is 6. The van der Waals surface area contributed by atoms with Gasteiger partial charge in [0.05, 0.1) is 48.7 Å². The van der Waals surface area contributed by atoms with Crippen LogP contribution in [0.5, 0.6) is 0 Å². The third-order valence-corrected chi connectivity index (χ3v) is 13.8. The van der Waals surface area contributed by atoms with Gasteiger partial charge in [0.25, 0.3) is 11.8 Å². The van der Waals surface area contributed by atoms with Crippen molar-refractivity contribution in [1.29, 1.82) is 0 Å². The van der Waals surface area contributed by atoms with Crippen LogP contribution in [0, 0.1) is 5.92 Å². The van der Waals surface area contributed by atoms with Crippen molar-refractivity contribution in [2.45, 2.75) is 69.1 Å². The molecule has 4 aromatic rings. The van der Waals surface area contributed by atoms with Gasteiger partial charge in [-0.25, -0.2) is 0 Å². The fourth-order valence-electron chi connectivity index (χ4n) is 9.14. The number of anilines is 3. The highest BCUT2D eigenvalue weighted by molar-refractivity contribution is 6.71. The maximum atomic E-state index is 14.8. The second-order valence-corrected chi connectivity index (χ2v) is 18.5. The molecule has 252 valence electrons. The number of nitrogens with zero attached hydrogens (tertiary/aromatic N) is 3. The van der Waals surface area contributed by atoms with Gasteiger partial charge in [-0.1, -0.05) is 61.5 Å². The third kappa shape index (κ3) is 4.80. The van der Waals surface area contributed by atoms with E-state index in [1.165, 1.54) is 0 Å². The van der Waals surface area contributed by atoms with Crippen LogP contribution in [0.1, 0.15) is 47.7 Å². The molecule has 0 aromatic heterocycles. The van der Waals surface area contributed by atoms with Gasteiger partial charge >= 0.3 is 0 Å². The summed E-state index contributed by atoms with van der Waals surface area (Å²) in [5.41, 5.74) is 2.99. The molecular weight excluding hydrogens is 635 g/mol. The van der Waals surface area contributed by atoms with E-state index >= 15 is 0 Å². The third-order valence-electron chi connectivity index (χ3n) is 11.3. The van der Waals surface area contributed by atoms with Crippen molar-refractivity contribution in [3.63, 3.8) is 0 Å². The predicted molar refractivity (Wildman–Crippen MR) is 190 cm³/mol. The second kappa shape index (κ2) is 11.6. The van der Waals surface area contributed by atoms with E-state index in [2.05, 4.69) is 0 Å². The molecule has 4 aliphatic rings. The Morgan fingerprint density at radius 1 is 0.959 bits per heavy atom. The van der Waals surface area contributed by atoms with Crippen LogP contribution in [-0.4, -0.2) is 66.1 Å². The first-order chi connectivity index (χ1) is 23.5. The van der Waals surface area contributed by atoms with Crippen LogP contribution in [0.4, 0.5) is 17.1 Å². The van der Waals surface area contributed by atoms with Gasteiger partial charge in [0.1, 0.15) is 0 Å². The molecule has 3 amide bonds. The lowest BCUT2D eigenvalue weighted by Crippen LogP contribution is -2.46. The lowest BCUT2D eigenvalue weighted by atomic mass is 9.82. The van der Waals surface area contributed by atoms with Gasteiger partial charge in [0.2, 0.25) is 5.91 Å². The highest BCUT2D eigenvalue weighted by Gasteiger charge is 2.66. The fraction of sp³-hybridized carbons (Fsp3) is 0.359. The van der Waals surface area contributed by atoms with Crippen LogP contribution < -0.4 is 9.80 Å². The van der Waals surface area contributed by atoms with E-state index in [4.69, 9.17) is 4.74 Å². The minimum Gasteiger partial charge on any atom is -0.432 e. The summed E-state index contributed by atoms with van der Waals surface area (Å²) in [6.45, 7) is 6.49. The van der Waals surface area contributed by atoms with Crippen LogP contribution in [0.15, 0.2) is 84.9 Å². The number of aliphatic hydroxyl groups excluding tert-OH is 1. The number of likely N-dealkylation sites (tertiary alicyclic amines) is 1. The summed E-state index contributed by atoms with van der Waals surface area (Å²) in [6, 6.07) is 26.9. The van der Waals surface area contributed by atoms with Crippen molar-refractivity contribution in [3.8, 4) is 0 Å². The van der Waals surface area contributed by atoms with E-state index in [0.717, 1.165) is 51.8 Å². The summed E-state index contributed by atoms with van der Waals surface area (Å²) in [4.78, 5) is 58.7. The van der Waals surface area contributed by atoms with Gasteiger partial charge in [-0.05, 0) is 67.2 Å². The van der Waals surface area contributed by atoms with E-state index in [9.17, 15) is 24.3 Å². The quantitative estimate of drug-likeness (QED) is 0.238. The zero-order valence-corrected chi connectivity index (χ0v) is 29.0. The average molecular weight is 676 g/mol. The zero-order chi connectivity index (χ0) is 34.2. The van der Waals surface area contributed by atoms with Crippen molar-refractivity contribution in [2.75, 3.05) is 23.0 Å². The van der Waals surface area contributed by atoms with Crippen LogP contribution >= 0.6 is 0 Å². The maximum Gasteiger partial charge on any atom is 0.264 e. The SMILES string of the molecule is C[C@@H]1[C@@H]([Si](C)(C)O)[C@H](CC(=O)N2CCC[C@H]2CO)O[C@@]12C(=O)N(Cc1ccc(N3C(=O)c4cccc5cccc3c45)cc1)c1ccccc12. The number of amides is 3. The Morgan fingerprint density at radius 3 is 2.41 bits per heavy atom. The van der Waals surface area contributed by atoms with Gasteiger partial charge in [-0.15, -0.1) is 0 Å². The highest BCUT2D eigenvalue weighted by atomic mass is 28.4. The number of fused-ring (bicyclic) bond motifs is 2. The summed E-state index contributed by atoms with van der Waals surface area (Å²) in [7, 11) is -2.94. The van der Waals surface area contributed by atoms with E-state index in [-0.39, 0.29) is 54.8 Å². The van der Waals surface area contributed by atoms with Crippen molar-refractivity contribution in [2.24, 2.45) is 5.92 Å². The molecule has 0 saturated carbocycles. The van der Waals surface area contributed by atoms with Gasteiger partial charge in [-0.3, -0.25) is 19.3 Å². The number of ether oxygens (including phenoxy) is 1. The average Bonchev–Trinajstić information content (AvgIpc) is 3.82. The molecule has 10 heteroatoms. The first kappa shape index (κ1) is 31.9. The smallest absolute Gasteiger partial charge is 0.264 e. The topological polar surface area (TPSA) is 111 Å². The maximum absolute atomic E-state index is 14.8. The van der Waals surface area contributed by atoms with E-state index < -0.39 is 20.0 Å². The number of benzene rings is 4. The molecule has 0 radical (unpaired) electrons. The van der Waals surface area contributed by atoms with E-state index in [1.807, 2.05) is 105 Å². The Kier molecular flexibility index (Phi) is 7.56. The summed E-state index contributed by atoms with van der Waals surface area (Å²) in [6.07, 6.45) is 1.01. The van der Waals surface area contributed by atoms with Crippen LogP contribution in [0.2, 0.25) is 18.6 Å². The largest absolute Gasteiger partial charge is 0.432 e. The Balaban J connectivity index is 1.09. The van der Waals surface area contributed by atoms with E-state index in [1.54, 1.807) is 14.7 Å². The summed E-state index contributed by atoms with van der Waals surface area (Å²) < 4.78 is 6.85. The monoisotopic (exact) mass is 675 g/mol. The Labute approximate surface area is 286 Å². The molecule has 4 heterocycles. The summed E-state index contributed by atoms with van der Waals surface area (Å²) in [5, 5.41) is 11.8. The lowest BCUT2D eigenvalue weighted by molar-refractivity contribution is -0.150. The van der Waals surface area contributed by atoms with E-state index in [0.29, 0.717) is 12.1 Å². The standard InChI is InChI=1S/C39H41N3O6Si/c1-24-36(49(2,3)47)33(21-34(44)40-20-8-11-28(40)23-43)48-39(24)30-13-4-5-14-31(30)41(38(39)46)22-25-16-18-27(19-17-25)42-32-15-7-10-26-9-6-12-29(35(26)32)37(42)45/h4-7,9-10,12-19,24,28,33,36,43,47H,8,11,20-23H2,1-3H3/t24-,28+,33+,36-,39+/m1/s1. The molecule has 4 aliphatic heterocycles. The number of carbonyl (C=O) groups is 3. The molecule has 5 atom stereocenters. The Morgan fingerprint density at radius 2 is 1.67 bits per heavy atom. The molecule has 0 aliphatic carbocycles. The molecule has 8 rings (SSSR count). The molecule has 0 bridgehead atoms. The number of carbonyl (C=O) groups excluding carboxylic acids is 3. The molecule has 2 N–H and O–H groups in total. The molecular formula is C39H41N3O6Si. The van der Waals surface area contributed by atoms with Crippen molar-refractivity contribution in [3.05, 3.63) is 102 Å². The number of aliphatic hydroxyl groups is 1. The molecule has 2 fully saturated rings. The first-order valence-corrected chi connectivity index (χ1v) is 20.2. The summed E-state index contributed by atoms with van der Waals surface area (Å²) in [5.74, 6) is -0.752. The van der Waals surface area contributed by atoms with Gasteiger partial charge in [0.15, 0.2) is 13.9 Å². The van der Waals surface area contributed by atoms with Gasteiger partial charge in [0, 0.05) is 34.6 Å². The normalized spacial score (nSPS) is 26.1. The first-order valence-electron chi connectivity index (χ1n) is 17.2. The minimum absolute atomic E-state index is 0.0496. The molecule has 2 saturated heterocycles. The van der Waals surface area contributed by atoms with Crippen molar-refractivity contribution < 1.29 is 29.0 Å². The van der Waals surface area contributed by atoms with Gasteiger partial charge < -0.3 is 24.4 Å². The molecule has 9 nitrogen and oxygen atoms in total. The molecule has 0 unspecified atom stereocenters. The second-order valence-electron chi connectivity index (χ2n) is 14.5. The fourth-order valence-corrected chi connectivity index (χ4v) is 11.7. The van der Waals surface area contributed by atoms with Gasteiger partial charge in [-0.2, -0.15) is 0 Å². The van der Waals surface area contributed by atoms with Crippen LogP contribution in [0.25, 0.3) is 10.8 Å². The highest BCUT2D eigenvalue weighted by Crippen LogP contribution is 2.60. The number of hydrogen-bond donors (Lipinski definition) is 2. The molecule has 1 spiro atoms. The Hall–Kier alpha value is -4.35. The van der Waals surface area contributed by atoms with Crippen molar-refractivity contribution in [1.82, 2.24) is 4.90 Å². The predicted octanol–water partition coefficient (Wildman–Crippen LogP) is 5.85. The Bertz CT molecular complexity index is 1990. The number of para-hydroxylation sites is 1. The number of rotatable bonds is 7. The molecule has 4 aromatic carbocycles. The van der Waals surface area contributed by atoms with Crippen LogP contribution in [-0.2, 0) is 26.5 Å². The molecule has 49 heavy (non-hydrogen) atoms. The minimum atomic E-state index is -2.94. The summed E-state index contributed by atoms with van der Waals surface area (Å²) >= 11 is 0. The van der Waals surface area contributed by atoms with Crippen molar-refractivity contribution >= 4 is 53.9 Å². The van der Waals surface area contributed by atoms with Crippen LogP contribution in [0.3, 0.4) is 0 Å². The zero-order valence-electron chi connectivity index (χ0n) is 28.0.